The van der Waals surface area contributed by atoms with Gasteiger partial charge in [-0.15, -0.1) is 0 Å². The maximum Gasteiger partial charge on any atom is 0.353 e. The molecule has 35 heavy (non-hydrogen) atoms. The van der Waals surface area contributed by atoms with Crippen LogP contribution in [0.5, 0.6) is 0 Å². The van der Waals surface area contributed by atoms with E-state index in [2.05, 4.69) is 20.6 Å². The van der Waals surface area contributed by atoms with Crippen molar-refractivity contribution in [3.63, 3.8) is 0 Å². The third-order valence-electron chi connectivity index (χ3n) is 7.46. The quantitative estimate of drug-likeness (QED) is 0.337. The smallest absolute Gasteiger partial charge is 0.353 e. The fourth-order valence-electron chi connectivity index (χ4n) is 6.56. The second-order valence-electron chi connectivity index (χ2n) is 9.91. The van der Waals surface area contributed by atoms with Gasteiger partial charge < -0.3 is 20.1 Å². The predicted molar refractivity (Wildman–Crippen MR) is 126 cm³/mol. The van der Waals surface area contributed by atoms with Gasteiger partial charge in [0.25, 0.3) is 0 Å². The van der Waals surface area contributed by atoms with Gasteiger partial charge in [0.1, 0.15) is 6.33 Å². The first kappa shape index (κ1) is 23.0. The molecule has 1 heterocycles. The molecular formula is C24H27N5O6. The summed E-state index contributed by atoms with van der Waals surface area (Å²) in [6, 6.07) is 4.18. The van der Waals surface area contributed by atoms with Crippen molar-refractivity contribution in [2.24, 2.45) is 17.8 Å². The molecule has 0 saturated heterocycles. The first-order valence-corrected chi connectivity index (χ1v) is 11.7. The van der Waals surface area contributed by atoms with Crippen LogP contribution in [0.1, 0.15) is 59.2 Å². The Balaban J connectivity index is 1.49. The highest BCUT2D eigenvalue weighted by Crippen LogP contribution is 2.57. The molecule has 4 aliphatic carbocycles. The molecule has 0 unspecified atom stereocenters. The number of rotatable bonds is 7. The summed E-state index contributed by atoms with van der Waals surface area (Å²) < 4.78 is 9.53. The molecule has 0 spiro atoms. The summed E-state index contributed by atoms with van der Waals surface area (Å²) in [7, 11) is 2.44. The molecule has 11 heteroatoms. The minimum absolute atomic E-state index is 0.0462. The Bertz CT molecular complexity index is 1130. The Morgan fingerprint density at radius 1 is 0.943 bits per heavy atom. The van der Waals surface area contributed by atoms with Gasteiger partial charge in [-0.1, -0.05) is 0 Å². The van der Waals surface area contributed by atoms with Crippen LogP contribution < -0.4 is 10.6 Å². The molecule has 0 radical (unpaired) electrons. The highest BCUT2D eigenvalue weighted by atomic mass is 16.6. The number of hydrogen-bond donors (Lipinski definition) is 2. The summed E-state index contributed by atoms with van der Waals surface area (Å²) in [6.07, 6.45) is 7.99. The molecule has 0 atom stereocenters. The molecule has 2 N–H and O–H groups in total. The lowest BCUT2D eigenvalue weighted by Gasteiger charge is -2.57. The minimum Gasteiger partial charge on any atom is -0.465 e. The van der Waals surface area contributed by atoms with Crippen LogP contribution in [0.15, 0.2) is 24.5 Å². The largest absolute Gasteiger partial charge is 0.465 e. The molecule has 1 aromatic carbocycles. The molecule has 0 amide bonds. The van der Waals surface area contributed by atoms with Gasteiger partial charge in [-0.25, -0.2) is 19.6 Å². The van der Waals surface area contributed by atoms with Gasteiger partial charge in [0.05, 0.1) is 30.3 Å². The first-order chi connectivity index (χ1) is 16.8. The Morgan fingerprint density at radius 2 is 1.46 bits per heavy atom. The highest BCUT2D eigenvalue weighted by molar-refractivity contribution is 5.97. The van der Waals surface area contributed by atoms with E-state index < -0.39 is 16.9 Å². The van der Waals surface area contributed by atoms with Gasteiger partial charge >= 0.3 is 17.6 Å². The Hall–Kier alpha value is -3.76. The van der Waals surface area contributed by atoms with Crippen molar-refractivity contribution < 1.29 is 24.0 Å². The van der Waals surface area contributed by atoms with E-state index in [1.54, 1.807) is 0 Å². The van der Waals surface area contributed by atoms with Crippen molar-refractivity contribution in [2.75, 3.05) is 24.9 Å². The van der Waals surface area contributed by atoms with Crippen molar-refractivity contribution in [1.29, 1.82) is 0 Å². The van der Waals surface area contributed by atoms with Crippen molar-refractivity contribution in [2.45, 2.75) is 44.1 Å². The molecule has 4 saturated carbocycles. The highest BCUT2D eigenvalue weighted by Gasteiger charge is 2.51. The van der Waals surface area contributed by atoms with Crippen molar-refractivity contribution in [3.05, 3.63) is 45.8 Å². The molecular weight excluding hydrogens is 454 g/mol. The van der Waals surface area contributed by atoms with E-state index in [0.717, 1.165) is 19.3 Å². The van der Waals surface area contributed by atoms with Crippen molar-refractivity contribution >= 4 is 34.9 Å². The molecule has 2 aromatic rings. The second-order valence-corrected chi connectivity index (χ2v) is 9.91. The molecule has 6 rings (SSSR count). The van der Waals surface area contributed by atoms with Crippen molar-refractivity contribution in [1.82, 2.24) is 9.97 Å². The van der Waals surface area contributed by atoms with E-state index in [1.165, 1.54) is 58.0 Å². The zero-order chi connectivity index (χ0) is 24.7. The van der Waals surface area contributed by atoms with E-state index in [0.29, 0.717) is 17.8 Å². The van der Waals surface area contributed by atoms with Crippen LogP contribution in [0, 0.1) is 27.9 Å². The van der Waals surface area contributed by atoms with Gasteiger partial charge in [0, 0.05) is 11.2 Å². The average molecular weight is 482 g/mol. The van der Waals surface area contributed by atoms with E-state index in [1.807, 2.05) is 0 Å². The number of methoxy groups -OCH3 is 2. The monoisotopic (exact) mass is 481 g/mol. The Labute approximate surface area is 201 Å². The van der Waals surface area contributed by atoms with Crippen LogP contribution in [0.25, 0.3) is 0 Å². The summed E-state index contributed by atoms with van der Waals surface area (Å²) in [5, 5.41) is 18.5. The first-order valence-electron chi connectivity index (χ1n) is 11.7. The maximum absolute atomic E-state index is 12.2. The molecule has 11 nitrogen and oxygen atoms in total. The zero-order valence-corrected chi connectivity index (χ0v) is 19.6. The van der Waals surface area contributed by atoms with E-state index in [9.17, 15) is 19.7 Å². The minimum atomic E-state index is -0.667. The third kappa shape index (κ3) is 4.38. The average Bonchev–Trinajstić information content (AvgIpc) is 2.81. The summed E-state index contributed by atoms with van der Waals surface area (Å²) in [5.74, 6) is 0.766. The van der Waals surface area contributed by atoms with Gasteiger partial charge in [0.2, 0.25) is 11.6 Å². The van der Waals surface area contributed by atoms with Gasteiger partial charge in [-0.3, -0.25) is 10.1 Å². The van der Waals surface area contributed by atoms with E-state index in [-0.39, 0.29) is 39.7 Å². The lowest BCUT2D eigenvalue weighted by atomic mass is 9.53. The fourth-order valence-corrected chi connectivity index (χ4v) is 6.56. The molecule has 0 aliphatic heterocycles. The van der Waals surface area contributed by atoms with Gasteiger partial charge in [-0.05, 0) is 74.5 Å². The number of anilines is 3. The number of aromatic nitrogens is 2. The number of hydrogen-bond acceptors (Lipinski definition) is 10. The normalized spacial score (nSPS) is 26.2. The molecule has 1 aromatic heterocycles. The van der Waals surface area contributed by atoms with Crippen LogP contribution in [0.3, 0.4) is 0 Å². The number of carbonyl (C=O) groups excluding carboxylic acids is 2. The summed E-state index contributed by atoms with van der Waals surface area (Å²) in [5.41, 5.74) is -0.0567. The number of nitrogens with one attached hydrogen (secondary N) is 2. The third-order valence-corrected chi connectivity index (χ3v) is 7.46. The maximum atomic E-state index is 12.2. The SMILES string of the molecule is COC(=O)c1cc(Nc2ncnc(NC34CC5CC(CC(C5)C3)C4)c2[N+](=O)[O-])cc(C(=O)OC)c1. The van der Waals surface area contributed by atoms with Crippen molar-refractivity contribution in [3.8, 4) is 0 Å². The Kier molecular flexibility index (Phi) is 5.78. The van der Waals surface area contributed by atoms with Crippen LogP contribution >= 0.6 is 0 Å². The fraction of sp³-hybridized carbons (Fsp3) is 0.500. The number of nitrogens with zero attached hydrogens (tertiary/aromatic N) is 3. The number of carbonyl (C=O) groups is 2. The Morgan fingerprint density at radius 3 is 1.94 bits per heavy atom. The van der Waals surface area contributed by atoms with Gasteiger partial charge in [-0.2, -0.15) is 0 Å². The van der Waals surface area contributed by atoms with E-state index in [4.69, 9.17) is 9.47 Å². The molecule has 4 bridgehead atoms. The summed E-state index contributed by atoms with van der Waals surface area (Å²) in [4.78, 5) is 44.2. The zero-order valence-electron chi connectivity index (χ0n) is 19.6. The predicted octanol–water partition coefficient (Wildman–Crippen LogP) is 4.08. The molecule has 184 valence electrons. The lowest BCUT2D eigenvalue weighted by Crippen LogP contribution is -2.55. The molecule has 4 fully saturated rings. The standard InChI is InChI=1S/C24H27N5O6/c1-34-22(30)16-6-17(23(31)35-2)8-18(7-16)27-20-19(29(32)33)21(26-12-25-20)28-24-9-13-3-14(10-24)5-15(4-13)11-24/h6-8,12-15H,3-5,9-11H2,1-2H3,(H2,25,26,27,28). The van der Waals surface area contributed by atoms with Crippen LogP contribution in [-0.2, 0) is 9.47 Å². The summed E-state index contributed by atoms with van der Waals surface area (Å²) >= 11 is 0. The van der Waals surface area contributed by atoms with E-state index >= 15 is 0 Å². The second kappa shape index (κ2) is 8.79. The van der Waals surface area contributed by atoms with Gasteiger partial charge in [0.15, 0.2) is 0 Å². The number of esters is 2. The van der Waals surface area contributed by atoms with Crippen LogP contribution in [0.2, 0.25) is 0 Å². The number of ether oxygens (including phenoxy) is 2. The summed E-state index contributed by atoms with van der Waals surface area (Å²) in [6.45, 7) is 0. The van der Waals surface area contributed by atoms with Crippen LogP contribution in [-0.4, -0.2) is 46.6 Å². The number of nitro groups is 1. The lowest BCUT2D eigenvalue weighted by molar-refractivity contribution is -0.383. The molecule has 4 aliphatic rings. The topological polar surface area (TPSA) is 146 Å². The van der Waals surface area contributed by atoms with Crippen LogP contribution in [0.4, 0.5) is 23.0 Å². The number of benzene rings is 1.